The molecule has 0 radical (unpaired) electrons. The van der Waals surface area contributed by atoms with Gasteiger partial charge in [0.05, 0.1) is 20.3 Å². The highest BCUT2D eigenvalue weighted by Crippen LogP contribution is 2.39. The fourth-order valence-corrected chi connectivity index (χ4v) is 2.81. The number of rotatable bonds is 6. The largest absolute Gasteiger partial charge is 0.497 e. The van der Waals surface area contributed by atoms with Crippen molar-refractivity contribution in [2.24, 2.45) is 5.92 Å². The van der Waals surface area contributed by atoms with Gasteiger partial charge in [-0.15, -0.1) is 0 Å². The summed E-state index contributed by atoms with van der Waals surface area (Å²) in [6, 6.07) is 5.20. The number of carboxylic acid groups (broad SMARTS) is 1. The first-order chi connectivity index (χ1) is 10.6. The van der Waals surface area contributed by atoms with Crippen molar-refractivity contribution >= 4 is 6.09 Å². The summed E-state index contributed by atoms with van der Waals surface area (Å²) in [5.41, 5.74) is 0.303. The standard InChI is InChI=1S/C18H29NO4/c1-12(2)10-15(19(17(20)21)18(3,4)5)14-11-13(22-6)8-9-16(14)23-7/h8-9,11-12,15H,10H2,1-7H3,(H,20,21)/t15-/m1/s1. The Kier molecular flexibility index (Phi) is 6.30. The lowest BCUT2D eigenvalue weighted by Crippen LogP contribution is -2.47. The maximum atomic E-state index is 12.0. The number of amides is 1. The lowest BCUT2D eigenvalue weighted by Gasteiger charge is -2.41. The molecule has 0 saturated heterocycles. The van der Waals surface area contributed by atoms with Crippen LogP contribution in [0.25, 0.3) is 0 Å². The quantitative estimate of drug-likeness (QED) is 0.833. The van der Waals surface area contributed by atoms with Gasteiger partial charge >= 0.3 is 6.09 Å². The topological polar surface area (TPSA) is 59.0 Å². The third-order valence-electron chi connectivity index (χ3n) is 3.73. The highest BCUT2D eigenvalue weighted by atomic mass is 16.5. The summed E-state index contributed by atoms with van der Waals surface area (Å²) in [6.07, 6.45) is -0.236. The van der Waals surface area contributed by atoms with Crippen LogP contribution in [0.1, 0.15) is 52.6 Å². The number of hydrogen-bond donors (Lipinski definition) is 1. The van der Waals surface area contributed by atoms with E-state index in [1.807, 2.05) is 39.0 Å². The normalized spacial score (nSPS) is 12.9. The van der Waals surface area contributed by atoms with Gasteiger partial charge in [0.2, 0.25) is 0 Å². The Hall–Kier alpha value is -1.91. The molecule has 130 valence electrons. The van der Waals surface area contributed by atoms with Crippen molar-refractivity contribution in [2.45, 2.75) is 52.6 Å². The summed E-state index contributed by atoms with van der Waals surface area (Å²) in [5.74, 6) is 1.70. The van der Waals surface area contributed by atoms with E-state index < -0.39 is 11.6 Å². The van der Waals surface area contributed by atoms with Crippen molar-refractivity contribution in [3.8, 4) is 11.5 Å². The maximum Gasteiger partial charge on any atom is 0.408 e. The summed E-state index contributed by atoms with van der Waals surface area (Å²) in [7, 11) is 3.20. The highest BCUT2D eigenvalue weighted by molar-refractivity contribution is 5.67. The van der Waals surface area contributed by atoms with Crippen LogP contribution in [0.3, 0.4) is 0 Å². The van der Waals surface area contributed by atoms with Crippen LogP contribution < -0.4 is 9.47 Å². The zero-order valence-electron chi connectivity index (χ0n) is 15.2. The molecule has 1 amide bonds. The van der Waals surface area contributed by atoms with E-state index in [-0.39, 0.29) is 6.04 Å². The smallest absolute Gasteiger partial charge is 0.408 e. The number of ether oxygens (including phenoxy) is 2. The summed E-state index contributed by atoms with van der Waals surface area (Å²) in [4.78, 5) is 13.5. The zero-order valence-corrected chi connectivity index (χ0v) is 15.2. The Balaban J connectivity index is 3.49. The third kappa shape index (κ3) is 4.78. The number of nitrogens with zero attached hydrogens (tertiary/aromatic N) is 1. The van der Waals surface area contributed by atoms with Gasteiger partial charge in [-0.3, -0.25) is 4.90 Å². The van der Waals surface area contributed by atoms with Gasteiger partial charge in [-0.1, -0.05) is 13.8 Å². The van der Waals surface area contributed by atoms with Crippen molar-refractivity contribution in [3.63, 3.8) is 0 Å². The van der Waals surface area contributed by atoms with Gasteiger partial charge in [-0.2, -0.15) is 0 Å². The van der Waals surface area contributed by atoms with E-state index in [4.69, 9.17) is 9.47 Å². The average Bonchev–Trinajstić information content (AvgIpc) is 2.43. The van der Waals surface area contributed by atoms with Crippen LogP contribution in [0.15, 0.2) is 18.2 Å². The van der Waals surface area contributed by atoms with Gasteiger partial charge in [-0.25, -0.2) is 4.79 Å². The first-order valence-corrected chi connectivity index (χ1v) is 7.86. The first-order valence-electron chi connectivity index (χ1n) is 7.86. The summed E-state index contributed by atoms with van der Waals surface area (Å²) in [6.45, 7) is 9.88. The minimum atomic E-state index is -0.937. The molecule has 1 aromatic carbocycles. The molecule has 0 aliphatic carbocycles. The van der Waals surface area contributed by atoms with E-state index in [2.05, 4.69) is 13.8 Å². The molecular weight excluding hydrogens is 294 g/mol. The van der Waals surface area contributed by atoms with Crippen molar-refractivity contribution < 1.29 is 19.4 Å². The molecule has 0 fully saturated rings. The molecule has 5 heteroatoms. The number of hydrogen-bond acceptors (Lipinski definition) is 3. The minimum absolute atomic E-state index is 0.308. The van der Waals surface area contributed by atoms with Crippen LogP contribution in [0.5, 0.6) is 11.5 Å². The summed E-state index contributed by atoms with van der Waals surface area (Å²) < 4.78 is 10.8. The van der Waals surface area contributed by atoms with Crippen LogP contribution >= 0.6 is 0 Å². The fourth-order valence-electron chi connectivity index (χ4n) is 2.81. The van der Waals surface area contributed by atoms with E-state index >= 15 is 0 Å². The Bertz CT molecular complexity index is 534. The molecule has 0 spiro atoms. The van der Waals surface area contributed by atoms with Gasteiger partial charge < -0.3 is 14.6 Å². The van der Waals surface area contributed by atoms with Crippen molar-refractivity contribution in [2.75, 3.05) is 14.2 Å². The molecule has 1 aromatic rings. The molecule has 0 unspecified atom stereocenters. The Morgan fingerprint density at radius 1 is 1.22 bits per heavy atom. The van der Waals surface area contributed by atoms with Crippen LogP contribution in [0.2, 0.25) is 0 Å². The SMILES string of the molecule is COc1ccc(OC)c([C@@H](CC(C)C)N(C(=O)O)C(C)(C)C)c1. The second-order valence-corrected chi connectivity index (χ2v) is 7.08. The monoisotopic (exact) mass is 323 g/mol. The van der Waals surface area contributed by atoms with E-state index in [0.29, 0.717) is 23.8 Å². The lowest BCUT2D eigenvalue weighted by molar-refractivity contribution is 0.0616. The van der Waals surface area contributed by atoms with Gasteiger partial charge in [-0.05, 0) is 51.3 Å². The Labute approximate surface area is 139 Å². The molecule has 1 rings (SSSR count). The van der Waals surface area contributed by atoms with Crippen molar-refractivity contribution in [1.29, 1.82) is 0 Å². The van der Waals surface area contributed by atoms with E-state index in [1.54, 1.807) is 14.2 Å². The van der Waals surface area contributed by atoms with Crippen LogP contribution in [-0.4, -0.2) is 35.9 Å². The molecule has 0 aliphatic rings. The predicted octanol–water partition coefficient (Wildman–Crippen LogP) is 4.57. The Morgan fingerprint density at radius 2 is 1.83 bits per heavy atom. The molecule has 0 aromatic heterocycles. The third-order valence-corrected chi connectivity index (χ3v) is 3.73. The molecule has 5 nitrogen and oxygen atoms in total. The minimum Gasteiger partial charge on any atom is -0.497 e. The lowest BCUT2D eigenvalue weighted by atomic mass is 9.91. The molecule has 23 heavy (non-hydrogen) atoms. The van der Waals surface area contributed by atoms with Gasteiger partial charge in [0, 0.05) is 11.1 Å². The Morgan fingerprint density at radius 3 is 2.22 bits per heavy atom. The van der Waals surface area contributed by atoms with Gasteiger partial charge in [0.1, 0.15) is 11.5 Å². The van der Waals surface area contributed by atoms with E-state index in [0.717, 1.165) is 5.56 Å². The second kappa shape index (κ2) is 7.57. The zero-order chi connectivity index (χ0) is 17.8. The van der Waals surface area contributed by atoms with Crippen molar-refractivity contribution in [3.05, 3.63) is 23.8 Å². The molecule has 1 atom stereocenters. The second-order valence-electron chi connectivity index (χ2n) is 7.08. The maximum absolute atomic E-state index is 12.0. The van der Waals surface area contributed by atoms with Gasteiger partial charge in [0.15, 0.2) is 0 Å². The molecule has 0 heterocycles. The van der Waals surface area contributed by atoms with E-state index in [1.165, 1.54) is 4.90 Å². The number of carbonyl (C=O) groups is 1. The van der Waals surface area contributed by atoms with Crippen molar-refractivity contribution in [1.82, 2.24) is 4.90 Å². The van der Waals surface area contributed by atoms with Crippen LogP contribution in [0, 0.1) is 5.92 Å². The number of benzene rings is 1. The van der Waals surface area contributed by atoms with E-state index in [9.17, 15) is 9.90 Å². The van der Waals surface area contributed by atoms with Gasteiger partial charge in [0.25, 0.3) is 0 Å². The highest BCUT2D eigenvalue weighted by Gasteiger charge is 2.36. The van der Waals surface area contributed by atoms with Crippen LogP contribution in [0.4, 0.5) is 4.79 Å². The molecular formula is C18H29NO4. The fraction of sp³-hybridized carbons (Fsp3) is 0.611. The average molecular weight is 323 g/mol. The first kappa shape index (κ1) is 19.1. The summed E-state index contributed by atoms with van der Waals surface area (Å²) >= 11 is 0. The predicted molar refractivity (Wildman–Crippen MR) is 91.4 cm³/mol. The number of methoxy groups -OCH3 is 2. The molecule has 0 saturated carbocycles. The molecule has 0 bridgehead atoms. The molecule has 0 aliphatic heterocycles. The molecule has 1 N–H and O–H groups in total. The summed E-state index contributed by atoms with van der Waals surface area (Å²) in [5, 5.41) is 9.80. The van der Waals surface area contributed by atoms with Crippen LogP contribution in [-0.2, 0) is 0 Å².